The predicted molar refractivity (Wildman–Crippen MR) is 124 cm³/mol. The molecule has 33 heavy (non-hydrogen) atoms. The molecule has 0 radical (unpaired) electrons. The Morgan fingerprint density at radius 1 is 0.939 bits per heavy atom. The van der Waals surface area contributed by atoms with Gasteiger partial charge in [-0.1, -0.05) is 26.0 Å². The van der Waals surface area contributed by atoms with E-state index >= 15 is 0 Å². The largest absolute Gasteiger partial charge is 0.508 e. The van der Waals surface area contributed by atoms with E-state index in [1.165, 1.54) is 24.3 Å². The summed E-state index contributed by atoms with van der Waals surface area (Å²) < 4.78 is 0. The van der Waals surface area contributed by atoms with Crippen LogP contribution in [0.5, 0.6) is 5.75 Å². The number of rotatable bonds is 13. The van der Waals surface area contributed by atoms with E-state index in [1.807, 2.05) is 13.8 Å². The lowest BCUT2D eigenvalue weighted by Gasteiger charge is -2.25. The number of phenols is 1. The molecule has 1 rings (SSSR count). The summed E-state index contributed by atoms with van der Waals surface area (Å²) in [7, 11) is 0. The summed E-state index contributed by atoms with van der Waals surface area (Å²) in [4.78, 5) is 49.1. The fourth-order valence-electron chi connectivity index (χ4n) is 2.87. The maximum atomic E-state index is 12.9. The van der Waals surface area contributed by atoms with E-state index in [2.05, 4.69) is 28.6 Å². The van der Waals surface area contributed by atoms with Gasteiger partial charge in [-0.2, -0.15) is 12.6 Å². The summed E-state index contributed by atoms with van der Waals surface area (Å²) in [6, 6.07) is 1.16. The van der Waals surface area contributed by atoms with Gasteiger partial charge in [0.1, 0.15) is 23.9 Å². The average molecular weight is 485 g/mol. The molecule has 0 aliphatic rings. The van der Waals surface area contributed by atoms with E-state index < -0.39 is 54.5 Å². The van der Waals surface area contributed by atoms with Crippen LogP contribution in [0.15, 0.2) is 24.3 Å². The Kier molecular flexibility index (Phi) is 11.7. The van der Waals surface area contributed by atoms with Crippen LogP contribution < -0.4 is 21.7 Å². The predicted octanol–water partition coefficient (Wildman–Crippen LogP) is -1.23. The van der Waals surface area contributed by atoms with Gasteiger partial charge >= 0.3 is 5.97 Å². The number of nitrogens with one attached hydrogen (secondary N) is 3. The second kappa shape index (κ2) is 13.7. The van der Waals surface area contributed by atoms with Crippen LogP contribution in [0.2, 0.25) is 0 Å². The Morgan fingerprint density at radius 2 is 1.45 bits per heavy atom. The first-order valence-electron chi connectivity index (χ1n) is 10.4. The number of hydrogen-bond donors (Lipinski definition) is 8. The molecule has 12 heteroatoms. The highest BCUT2D eigenvalue weighted by atomic mass is 32.1. The molecule has 0 aromatic heterocycles. The van der Waals surface area contributed by atoms with Crippen LogP contribution in [0, 0.1) is 5.92 Å². The molecule has 0 unspecified atom stereocenters. The number of hydrogen-bond acceptors (Lipinski definition) is 8. The number of amides is 3. The van der Waals surface area contributed by atoms with E-state index in [1.54, 1.807) is 0 Å². The average Bonchev–Trinajstić information content (AvgIpc) is 2.76. The summed E-state index contributed by atoms with van der Waals surface area (Å²) in [5, 5.41) is 35.6. The minimum atomic E-state index is -1.35. The SMILES string of the molecule is CC(C)C[C@H](NC(=O)[C@H](CO)NC(=O)[C@@H](N)CS)C(=O)N[C@@H](Cc1ccc(O)cc1)C(=O)O. The van der Waals surface area contributed by atoms with E-state index in [4.69, 9.17) is 5.73 Å². The highest BCUT2D eigenvalue weighted by molar-refractivity contribution is 7.80. The van der Waals surface area contributed by atoms with Crippen molar-refractivity contribution in [1.29, 1.82) is 0 Å². The molecule has 4 atom stereocenters. The second-order valence-electron chi connectivity index (χ2n) is 7.99. The number of carbonyl (C=O) groups is 4. The lowest BCUT2D eigenvalue weighted by Crippen LogP contribution is -2.58. The molecule has 184 valence electrons. The third kappa shape index (κ3) is 9.68. The molecule has 0 saturated carbocycles. The Bertz CT molecular complexity index is 819. The van der Waals surface area contributed by atoms with Gasteiger partial charge in [-0.05, 0) is 30.0 Å². The van der Waals surface area contributed by atoms with Gasteiger partial charge in [-0.25, -0.2) is 4.79 Å². The molecule has 0 spiro atoms. The van der Waals surface area contributed by atoms with E-state index in [9.17, 15) is 34.5 Å². The minimum absolute atomic E-state index is 0.0234. The number of aliphatic carboxylic acids is 1. The fourth-order valence-corrected chi connectivity index (χ4v) is 3.04. The van der Waals surface area contributed by atoms with Crippen LogP contribution in [0.25, 0.3) is 0 Å². The molecule has 0 aliphatic heterocycles. The van der Waals surface area contributed by atoms with Gasteiger partial charge in [0, 0.05) is 12.2 Å². The maximum Gasteiger partial charge on any atom is 0.326 e. The Balaban J connectivity index is 2.92. The normalized spacial score (nSPS) is 14.6. The van der Waals surface area contributed by atoms with E-state index in [0.717, 1.165) is 0 Å². The first-order valence-corrected chi connectivity index (χ1v) is 11.0. The van der Waals surface area contributed by atoms with Crippen molar-refractivity contribution in [2.75, 3.05) is 12.4 Å². The van der Waals surface area contributed by atoms with Crippen LogP contribution in [0.3, 0.4) is 0 Å². The molecular formula is C21H32N4O7S. The minimum Gasteiger partial charge on any atom is -0.508 e. The number of phenolic OH excluding ortho intramolecular Hbond substituents is 1. The van der Waals surface area contributed by atoms with Crippen molar-refractivity contribution < 1.29 is 34.5 Å². The Morgan fingerprint density at radius 3 is 1.94 bits per heavy atom. The molecule has 0 aliphatic carbocycles. The molecule has 8 N–H and O–H groups in total. The lowest BCUT2D eigenvalue weighted by molar-refractivity contribution is -0.142. The summed E-state index contributed by atoms with van der Waals surface area (Å²) in [6.07, 6.45) is 0.145. The van der Waals surface area contributed by atoms with Gasteiger partial charge < -0.3 is 37.0 Å². The van der Waals surface area contributed by atoms with Crippen molar-refractivity contribution >= 4 is 36.3 Å². The number of aromatic hydroxyl groups is 1. The topological polar surface area (TPSA) is 191 Å². The number of benzene rings is 1. The quantitative estimate of drug-likeness (QED) is 0.160. The molecule has 0 saturated heterocycles. The van der Waals surface area contributed by atoms with E-state index in [-0.39, 0.29) is 30.3 Å². The summed E-state index contributed by atoms with van der Waals surface area (Å²) >= 11 is 3.90. The lowest BCUT2D eigenvalue weighted by atomic mass is 10.0. The molecule has 1 aromatic carbocycles. The van der Waals surface area contributed by atoms with Gasteiger partial charge in [0.2, 0.25) is 17.7 Å². The van der Waals surface area contributed by atoms with Crippen molar-refractivity contribution in [3.05, 3.63) is 29.8 Å². The number of carbonyl (C=O) groups excluding carboxylic acids is 3. The summed E-state index contributed by atoms with van der Waals surface area (Å²) in [6.45, 7) is 2.90. The van der Waals surface area contributed by atoms with E-state index in [0.29, 0.717) is 5.56 Å². The fraction of sp³-hybridized carbons (Fsp3) is 0.524. The van der Waals surface area contributed by atoms with Crippen LogP contribution in [0.1, 0.15) is 25.8 Å². The van der Waals surface area contributed by atoms with Crippen LogP contribution in [-0.4, -0.2) is 75.5 Å². The number of aliphatic hydroxyl groups is 1. The summed E-state index contributed by atoms with van der Waals surface area (Å²) in [5.74, 6) is -3.49. The molecule has 0 bridgehead atoms. The van der Waals surface area contributed by atoms with Crippen molar-refractivity contribution in [1.82, 2.24) is 16.0 Å². The standard InChI is InChI=1S/C21H32N4O7S/c1-11(2)7-15(23-20(30)17(9-26)25-18(28)14(22)10-33)19(29)24-16(21(31)32)8-12-3-5-13(27)6-4-12/h3-6,11,14-17,26-27,33H,7-10,22H2,1-2H3,(H,23,30)(H,24,29)(H,25,28)(H,31,32)/t14-,15-,16-,17-/m0/s1. The zero-order chi connectivity index (χ0) is 25.1. The molecule has 3 amide bonds. The van der Waals surface area contributed by atoms with Crippen molar-refractivity contribution in [2.24, 2.45) is 11.7 Å². The van der Waals surface area contributed by atoms with Crippen molar-refractivity contribution in [3.63, 3.8) is 0 Å². The molecular weight excluding hydrogens is 452 g/mol. The first-order chi connectivity index (χ1) is 15.5. The number of thiol groups is 1. The number of nitrogens with two attached hydrogens (primary N) is 1. The number of carboxylic acids is 1. The zero-order valence-corrected chi connectivity index (χ0v) is 19.4. The highest BCUT2D eigenvalue weighted by Gasteiger charge is 2.30. The second-order valence-corrected chi connectivity index (χ2v) is 8.36. The molecule has 1 aromatic rings. The highest BCUT2D eigenvalue weighted by Crippen LogP contribution is 2.12. The van der Waals surface area contributed by atoms with Crippen molar-refractivity contribution in [3.8, 4) is 5.75 Å². The monoisotopic (exact) mass is 484 g/mol. The van der Waals surface area contributed by atoms with Crippen LogP contribution in [0.4, 0.5) is 0 Å². The van der Waals surface area contributed by atoms with Gasteiger partial charge in [0.05, 0.1) is 12.6 Å². The number of carboxylic acid groups (broad SMARTS) is 1. The molecule has 0 heterocycles. The van der Waals surface area contributed by atoms with Gasteiger partial charge in [-0.15, -0.1) is 0 Å². The van der Waals surface area contributed by atoms with Crippen LogP contribution >= 0.6 is 12.6 Å². The summed E-state index contributed by atoms with van der Waals surface area (Å²) in [5.41, 5.74) is 6.13. The number of aliphatic hydroxyl groups excluding tert-OH is 1. The Labute approximate surface area is 197 Å². The smallest absolute Gasteiger partial charge is 0.326 e. The van der Waals surface area contributed by atoms with Gasteiger partial charge in [0.15, 0.2) is 0 Å². The Hall–Kier alpha value is -2.83. The third-order valence-electron chi connectivity index (χ3n) is 4.68. The zero-order valence-electron chi connectivity index (χ0n) is 18.5. The maximum absolute atomic E-state index is 12.9. The molecule has 0 fully saturated rings. The third-order valence-corrected chi connectivity index (χ3v) is 5.07. The van der Waals surface area contributed by atoms with Crippen molar-refractivity contribution in [2.45, 2.75) is 50.9 Å². The van der Waals surface area contributed by atoms with Crippen LogP contribution in [-0.2, 0) is 25.6 Å². The molecule has 11 nitrogen and oxygen atoms in total. The van der Waals surface area contributed by atoms with Gasteiger partial charge in [-0.3, -0.25) is 14.4 Å². The van der Waals surface area contributed by atoms with Gasteiger partial charge in [0.25, 0.3) is 0 Å². The first kappa shape index (κ1) is 28.2.